The Kier molecular flexibility index (Phi) is 12.8. The van der Waals surface area contributed by atoms with Crippen LogP contribution in [0.2, 0.25) is 0 Å². The van der Waals surface area contributed by atoms with Gasteiger partial charge in [-0.05, 0) is 33.9 Å². The van der Waals surface area contributed by atoms with Crippen molar-refractivity contribution in [1.82, 2.24) is 24.9 Å². The summed E-state index contributed by atoms with van der Waals surface area (Å²) in [7, 11) is 5.73. The molecule has 10 nitrogen and oxygen atoms in total. The second-order valence-electron chi connectivity index (χ2n) is 9.27. The predicted molar refractivity (Wildman–Crippen MR) is 128 cm³/mol. The number of piperazine rings is 3. The van der Waals surface area contributed by atoms with Crippen LogP contribution >= 0.6 is 0 Å². The molecule has 3 fully saturated rings. The van der Waals surface area contributed by atoms with E-state index in [1.54, 1.807) is 11.9 Å². The molecule has 0 aromatic carbocycles. The Morgan fingerprint density at radius 1 is 0.879 bits per heavy atom. The molecule has 0 aliphatic carbocycles. The fourth-order valence-corrected chi connectivity index (χ4v) is 4.24. The Bertz CT molecular complexity index is 569. The molecule has 0 spiro atoms. The summed E-state index contributed by atoms with van der Waals surface area (Å²) in [5.74, 6) is 0. The number of likely N-dealkylation sites (N-methyl/N-ethyl adjacent to an activating group) is 1. The Morgan fingerprint density at radius 3 is 2.27 bits per heavy atom. The van der Waals surface area contributed by atoms with Crippen molar-refractivity contribution in [2.24, 2.45) is 0 Å². The van der Waals surface area contributed by atoms with Crippen molar-refractivity contribution in [2.45, 2.75) is 44.7 Å². The monoisotopic (exact) mass is 471 g/mol. The summed E-state index contributed by atoms with van der Waals surface area (Å²) in [6.07, 6.45) is 3.14. The number of hydrogen-bond acceptors (Lipinski definition) is 8. The quantitative estimate of drug-likeness (QED) is 0.358. The maximum atomic E-state index is 12.0. The third kappa shape index (κ3) is 10.5. The van der Waals surface area contributed by atoms with Gasteiger partial charge in [-0.3, -0.25) is 9.80 Å². The first kappa shape index (κ1) is 27.6. The molecule has 2 atom stereocenters. The highest BCUT2D eigenvalue weighted by Crippen LogP contribution is 2.22. The van der Waals surface area contributed by atoms with Gasteiger partial charge in [-0.2, -0.15) is 0 Å². The van der Waals surface area contributed by atoms with Gasteiger partial charge in [0.05, 0.1) is 19.3 Å². The Balaban J connectivity index is 1.40. The van der Waals surface area contributed by atoms with Crippen LogP contribution in [0.4, 0.5) is 9.59 Å². The number of ether oxygens (including phenoxy) is 3. The minimum atomic E-state index is -0.326. The van der Waals surface area contributed by atoms with Gasteiger partial charge in [0.2, 0.25) is 0 Å². The van der Waals surface area contributed by atoms with Crippen molar-refractivity contribution in [1.29, 1.82) is 0 Å². The first-order chi connectivity index (χ1) is 15.9. The van der Waals surface area contributed by atoms with Crippen molar-refractivity contribution in [3.63, 3.8) is 0 Å². The van der Waals surface area contributed by atoms with Gasteiger partial charge in [-0.1, -0.05) is 12.8 Å². The van der Waals surface area contributed by atoms with Gasteiger partial charge in [-0.25, -0.2) is 9.59 Å². The topological polar surface area (TPSA) is 86.8 Å². The first-order valence-electron chi connectivity index (χ1n) is 12.4. The summed E-state index contributed by atoms with van der Waals surface area (Å²) in [5.41, 5.74) is 0. The molecule has 33 heavy (non-hydrogen) atoms. The fourth-order valence-electron chi connectivity index (χ4n) is 4.24. The normalized spacial score (nSPS) is 24.0. The van der Waals surface area contributed by atoms with Gasteiger partial charge < -0.3 is 29.3 Å². The average molecular weight is 472 g/mol. The Hall–Kier alpha value is -1.62. The van der Waals surface area contributed by atoms with Crippen LogP contribution in [-0.4, -0.2) is 137 Å². The van der Waals surface area contributed by atoms with Gasteiger partial charge in [0.15, 0.2) is 0 Å². The number of carbonyl (C=O) groups is 2. The summed E-state index contributed by atoms with van der Waals surface area (Å²) in [6.45, 7) is 10.5. The lowest BCUT2D eigenvalue weighted by Crippen LogP contribution is -2.66. The molecule has 2 unspecified atom stereocenters. The molecule has 1 N–H and O–H groups in total. The summed E-state index contributed by atoms with van der Waals surface area (Å²) in [6, 6.07) is 0.745. The molecular weight excluding hydrogens is 426 g/mol. The zero-order valence-corrected chi connectivity index (χ0v) is 21.1. The summed E-state index contributed by atoms with van der Waals surface area (Å²) >= 11 is 0. The highest BCUT2D eigenvalue weighted by molar-refractivity contribution is 5.67. The molecule has 3 aliphatic rings. The number of unbranched alkanes of at least 4 members (excludes halogenated alkanes) is 3. The van der Waals surface area contributed by atoms with Crippen molar-refractivity contribution in [3.8, 4) is 0 Å². The maximum absolute atomic E-state index is 12.0. The van der Waals surface area contributed by atoms with E-state index in [9.17, 15) is 9.59 Å². The van der Waals surface area contributed by atoms with Gasteiger partial charge >= 0.3 is 12.2 Å². The number of nitrogens with zero attached hydrogens (tertiary/aromatic N) is 4. The van der Waals surface area contributed by atoms with Crippen LogP contribution in [0, 0.1) is 0 Å². The fraction of sp³-hybridized carbons (Fsp3) is 0.913. The molecule has 2 amide bonds. The van der Waals surface area contributed by atoms with Gasteiger partial charge in [0.25, 0.3) is 0 Å². The molecule has 0 radical (unpaired) electrons. The highest BCUT2D eigenvalue weighted by Gasteiger charge is 2.38. The minimum Gasteiger partial charge on any atom is -0.448 e. The van der Waals surface area contributed by atoms with E-state index in [0.717, 1.165) is 58.4 Å². The number of carbonyl (C=O) groups excluding carboxylic acids is 2. The van der Waals surface area contributed by atoms with Crippen LogP contribution < -0.4 is 5.32 Å². The van der Waals surface area contributed by atoms with E-state index in [0.29, 0.717) is 45.0 Å². The third-order valence-corrected chi connectivity index (χ3v) is 6.47. The van der Waals surface area contributed by atoms with Gasteiger partial charge in [0, 0.05) is 58.9 Å². The zero-order chi connectivity index (χ0) is 24.1. The van der Waals surface area contributed by atoms with Gasteiger partial charge in [0.1, 0.15) is 13.2 Å². The van der Waals surface area contributed by atoms with E-state index in [2.05, 4.69) is 22.0 Å². The Morgan fingerprint density at radius 2 is 1.58 bits per heavy atom. The molecule has 192 valence electrons. The summed E-state index contributed by atoms with van der Waals surface area (Å²) in [4.78, 5) is 32.5. The van der Waals surface area contributed by atoms with E-state index in [1.807, 2.05) is 19.0 Å². The smallest absolute Gasteiger partial charge is 0.409 e. The number of rotatable bonds is 15. The van der Waals surface area contributed by atoms with Crippen LogP contribution in [0.15, 0.2) is 0 Å². The minimum absolute atomic E-state index is 0.272. The van der Waals surface area contributed by atoms with Crippen LogP contribution in [-0.2, 0) is 14.2 Å². The number of nitrogens with one attached hydrogen (secondary N) is 1. The molecule has 3 rings (SSSR count). The van der Waals surface area contributed by atoms with E-state index in [-0.39, 0.29) is 18.8 Å². The van der Waals surface area contributed by atoms with Crippen molar-refractivity contribution >= 4 is 12.2 Å². The van der Waals surface area contributed by atoms with Crippen LogP contribution in [0.25, 0.3) is 0 Å². The average Bonchev–Trinajstić information content (AvgIpc) is 2.80. The second-order valence-corrected chi connectivity index (χ2v) is 9.27. The lowest BCUT2D eigenvalue weighted by atomic mass is 10.00. The molecular formula is C23H45N5O5. The molecule has 3 heterocycles. The summed E-state index contributed by atoms with van der Waals surface area (Å²) in [5, 5.41) is 2.85. The van der Waals surface area contributed by atoms with E-state index in [1.165, 1.54) is 0 Å². The Labute approximate surface area is 199 Å². The third-order valence-electron chi connectivity index (χ3n) is 6.47. The van der Waals surface area contributed by atoms with Crippen molar-refractivity contribution in [2.75, 3.05) is 93.4 Å². The van der Waals surface area contributed by atoms with Crippen molar-refractivity contribution in [3.05, 3.63) is 0 Å². The number of fused-ring (bicyclic) bond motifs is 3. The highest BCUT2D eigenvalue weighted by atomic mass is 16.6. The van der Waals surface area contributed by atoms with Crippen LogP contribution in [0.3, 0.4) is 0 Å². The molecule has 2 bridgehead atoms. The maximum Gasteiger partial charge on any atom is 0.409 e. The van der Waals surface area contributed by atoms with Crippen LogP contribution in [0.5, 0.6) is 0 Å². The summed E-state index contributed by atoms with van der Waals surface area (Å²) < 4.78 is 16.1. The molecule has 3 saturated heterocycles. The van der Waals surface area contributed by atoms with E-state index < -0.39 is 0 Å². The largest absolute Gasteiger partial charge is 0.448 e. The molecule has 0 aromatic heterocycles. The lowest BCUT2D eigenvalue weighted by Gasteiger charge is -2.51. The molecule has 0 saturated carbocycles. The van der Waals surface area contributed by atoms with Crippen LogP contribution in [0.1, 0.15) is 32.6 Å². The molecule has 3 aliphatic heterocycles. The number of hydrogen-bond donors (Lipinski definition) is 1. The van der Waals surface area contributed by atoms with Crippen molar-refractivity contribution < 1.29 is 23.8 Å². The number of alkyl carbamates (subject to hydrolysis) is 1. The first-order valence-corrected chi connectivity index (χ1v) is 12.4. The predicted octanol–water partition coefficient (Wildman–Crippen LogP) is 1.31. The number of amides is 2. The standard InChI is InChI=1S/C23H45N5O5/c1-20-21(28-13-11-27(20)12-14-28)19-33-22(29)24-9-7-5-6-8-10-26(4)23(30)32-18-17-31-16-15-25(2)3/h20-21H,5-19H2,1-4H3,(H,24,29). The molecule has 0 aromatic rings. The lowest BCUT2D eigenvalue weighted by molar-refractivity contribution is -0.0517. The van der Waals surface area contributed by atoms with E-state index >= 15 is 0 Å². The second kappa shape index (κ2) is 15.3. The zero-order valence-electron chi connectivity index (χ0n) is 21.1. The molecule has 10 heteroatoms. The SMILES string of the molecule is CC1C(COC(=O)NCCCCCCN(C)C(=O)OCCOCCN(C)C)N2CCN1CC2. The van der Waals surface area contributed by atoms with Gasteiger partial charge in [-0.15, -0.1) is 0 Å². The van der Waals surface area contributed by atoms with E-state index in [4.69, 9.17) is 14.2 Å².